The summed E-state index contributed by atoms with van der Waals surface area (Å²) in [6, 6.07) is 16.1. The monoisotopic (exact) mass is 520 g/mol. The zero-order chi connectivity index (χ0) is 28.4. The SMILES string of the molecule is C=Cc1cc(=C(/C=C\C)Cc2ccc(N/C(=C/N)CCc3ccc(C)cc3C)cc2F)/c(=C/CC)cc1C=C. The maximum Gasteiger partial charge on any atom is 0.128 e. The van der Waals surface area contributed by atoms with Gasteiger partial charge in [0.15, 0.2) is 0 Å². The maximum absolute atomic E-state index is 15.4. The molecule has 0 aromatic heterocycles. The Bertz CT molecular complexity index is 1520. The molecule has 3 rings (SSSR count). The van der Waals surface area contributed by atoms with E-state index in [1.165, 1.54) is 16.7 Å². The van der Waals surface area contributed by atoms with Crippen molar-refractivity contribution in [2.75, 3.05) is 5.32 Å². The van der Waals surface area contributed by atoms with Crippen LogP contribution in [-0.4, -0.2) is 0 Å². The molecule has 0 unspecified atom stereocenters. The molecule has 39 heavy (non-hydrogen) atoms. The van der Waals surface area contributed by atoms with Crippen molar-refractivity contribution in [3.05, 3.63) is 135 Å². The van der Waals surface area contributed by atoms with Gasteiger partial charge in [-0.3, -0.25) is 0 Å². The lowest BCUT2D eigenvalue weighted by Crippen LogP contribution is -2.28. The first-order chi connectivity index (χ1) is 18.8. The van der Waals surface area contributed by atoms with Crippen LogP contribution in [-0.2, 0) is 12.8 Å². The minimum Gasteiger partial charge on any atom is -0.403 e. The lowest BCUT2D eigenvalue weighted by Gasteiger charge is -2.14. The standard InChI is InChI=1S/C36H41FN2/c1-7-11-30-20-27(9-3)28(10-4)22-35(30)31(12-8-2)21-32-16-17-33(23-36(32)37)39-34(24-38)18-15-29-14-13-25(5)19-26(29)6/h8-14,16-17,19-20,22-24,39H,3-4,7,15,18,21,38H2,1-2,5-6H3/b12-8-,30-11+,34-24+,35-31+. The van der Waals surface area contributed by atoms with Gasteiger partial charge in [-0.1, -0.05) is 80.3 Å². The average Bonchev–Trinajstić information content (AvgIpc) is 2.92. The number of benzene rings is 3. The van der Waals surface area contributed by atoms with Gasteiger partial charge < -0.3 is 11.1 Å². The van der Waals surface area contributed by atoms with E-state index in [1.54, 1.807) is 12.3 Å². The molecule has 0 atom stereocenters. The van der Waals surface area contributed by atoms with Gasteiger partial charge in [0.05, 0.1) is 0 Å². The van der Waals surface area contributed by atoms with Crippen molar-refractivity contribution in [1.82, 2.24) is 0 Å². The molecule has 0 radical (unpaired) electrons. The molecular formula is C36H41FN2. The highest BCUT2D eigenvalue weighted by Crippen LogP contribution is 2.22. The number of aryl methyl sites for hydroxylation is 3. The molecule has 0 aliphatic carbocycles. The number of anilines is 1. The first-order valence-corrected chi connectivity index (χ1v) is 13.6. The summed E-state index contributed by atoms with van der Waals surface area (Å²) in [5.41, 5.74) is 15.0. The number of halogens is 1. The highest BCUT2D eigenvalue weighted by molar-refractivity contribution is 5.68. The lowest BCUT2D eigenvalue weighted by atomic mass is 9.96. The molecular weight excluding hydrogens is 479 g/mol. The number of nitrogens with one attached hydrogen (secondary N) is 1. The Morgan fingerprint density at radius 2 is 1.69 bits per heavy atom. The molecule has 0 aliphatic rings. The summed E-state index contributed by atoms with van der Waals surface area (Å²) in [7, 11) is 0. The van der Waals surface area contributed by atoms with Crippen molar-refractivity contribution in [2.45, 2.75) is 53.4 Å². The summed E-state index contributed by atoms with van der Waals surface area (Å²) >= 11 is 0. The first kappa shape index (κ1) is 29.4. The third-order valence-corrected chi connectivity index (χ3v) is 6.93. The molecule has 3 aromatic carbocycles. The third-order valence-electron chi connectivity index (χ3n) is 6.93. The minimum atomic E-state index is -0.250. The summed E-state index contributed by atoms with van der Waals surface area (Å²) < 4.78 is 15.4. The molecule has 0 spiro atoms. The predicted molar refractivity (Wildman–Crippen MR) is 169 cm³/mol. The highest BCUT2D eigenvalue weighted by atomic mass is 19.1. The zero-order valence-electron chi connectivity index (χ0n) is 23.8. The van der Waals surface area contributed by atoms with Crippen molar-refractivity contribution >= 4 is 29.5 Å². The fraction of sp³-hybridized carbons (Fsp3) is 0.222. The van der Waals surface area contributed by atoms with Gasteiger partial charge >= 0.3 is 0 Å². The van der Waals surface area contributed by atoms with E-state index in [1.807, 2.05) is 37.3 Å². The molecule has 2 nitrogen and oxygen atoms in total. The van der Waals surface area contributed by atoms with Crippen LogP contribution in [0.25, 0.3) is 23.8 Å². The van der Waals surface area contributed by atoms with Crippen LogP contribution in [0.3, 0.4) is 0 Å². The van der Waals surface area contributed by atoms with Gasteiger partial charge in [0.1, 0.15) is 5.82 Å². The van der Waals surface area contributed by atoms with Gasteiger partial charge in [-0.2, -0.15) is 0 Å². The Labute approximate surface area is 233 Å². The number of rotatable bonds is 11. The van der Waals surface area contributed by atoms with E-state index in [0.29, 0.717) is 17.7 Å². The highest BCUT2D eigenvalue weighted by Gasteiger charge is 2.09. The Morgan fingerprint density at radius 1 is 0.974 bits per heavy atom. The van der Waals surface area contributed by atoms with Gasteiger partial charge in [0.2, 0.25) is 0 Å². The summed E-state index contributed by atoms with van der Waals surface area (Å²) in [4.78, 5) is 0. The van der Waals surface area contributed by atoms with Crippen molar-refractivity contribution in [1.29, 1.82) is 0 Å². The normalized spacial score (nSPS) is 13.1. The van der Waals surface area contributed by atoms with Crippen LogP contribution in [0.2, 0.25) is 0 Å². The van der Waals surface area contributed by atoms with Crippen molar-refractivity contribution in [2.24, 2.45) is 5.73 Å². The van der Waals surface area contributed by atoms with Crippen molar-refractivity contribution in [3.8, 4) is 0 Å². The number of allylic oxidation sites excluding steroid dienone is 3. The topological polar surface area (TPSA) is 38.0 Å². The van der Waals surface area contributed by atoms with Gasteiger partial charge in [-0.05, 0) is 108 Å². The second kappa shape index (κ2) is 14.2. The fourth-order valence-electron chi connectivity index (χ4n) is 4.86. The summed E-state index contributed by atoms with van der Waals surface area (Å²) in [5, 5.41) is 5.51. The fourth-order valence-corrected chi connectivity index (χ4v) is 4.86. The minimum absolute atomic E-state index is 0.250. The van der Waals surface area contributed by atoms with E-state index in [4.69, 9.17) is 5.73 Å². The zero-order valence-corrected chi connectivity index (χ0v) is 23.8. The van der Waals surface area contributed by atoms with Crippen molar-refractivity contribution < 1.29 is 4.39 Å². The summed E-state index contributed by atoms with van der Waals surface area (Å²) in [5.74, 6) is -0.250. The molecule has 202 valence electrons. The molecule has 0 fully saturated rings. The second-order valence-electron chi connectivity index (χ2n) is 9.84. The van der Waals surface area contributed by atoms with E-state index in [-0.39, 0.29) is 5.82 Å². The van der Waals surface area contributed by atoms with E-state index < -0.39 is 0 Å². The smallest absolute Gasteiger partial charge is 0.128 e. The van der Waals surface area contributed by atoms with Crippen LogP contribution in [0.5, 0.6) is 0 Å². The Morgan fingerprint density at radius 3 is 2.31 bits per heavy atom. The number of hydrogen-bond donors (Lipinski definition) is 2. The molecule has 0 heterocycles. The van der Waals surface area contributed by atoms with E-state index in [9.17, 15) is 0 Å². The second-order valence-corrected chi connectivity index (χ2v) is 9.84. The molecule has 0 saturated heterocycles. The van der Waals surface area contributed by atoms with Crippen LogP contribution in [0.4, 0.5) is 10.1 Å². The lowest BCUT2D eigenvalue weighted by molar-refractivity contribution is 0.616. The molecule has 0 saturated carbocycles. The molecule has 0 amide bonds. The van der Waals surface area contributed by atoms with Gasteiger partial charge in [-0.15, -0.1) is 0 Å². The Kier molecular flexibility index (Phi) is 10.7. The Hall–Kier alpha value is -4.11. The van der Waals surface area contributed by atoms with E-state index in [2.05, 4.69) is 81.7 Å². The molecule has 0 aliphatic heterocycles. The first-order valence-electron chi connectivity index (χ1n) is 13.6. The summed E-state index contributed by atoms with van der Waals surface area (Å²) in [6.07, 6.45) is 14.5. The van der Waals surface area contributed by atoms with Gasteiger partial charge in [0.25, 0.3) is 0 Å². The number of hydrogen-bond acceptors (Lipinski definition) is 2. The number of nitrogens with two attached hydrogens (primary N) is 1. The van der Waals surface area contributed by atoms with Crippen LogP contribution in [0.1, 0.15) is 60.1 Å². The van der Waals surface area contributed by atoms with Crippen LogP contribution in [0.15, 0.2) is 85.7 Å². The van der Waals surface area contributed by atoms with Crippen LogP contribution >= 0.6 is 0 Å². The average molecular weight is 521 g/mol. The predicted octanol–water partition coefficient (Wildman–Crippen LogP) is 7.73. The van der Waals surface area contributed by atoms with Gasteiger partial charge in [-0.25, -0.2) is 4.39 Å². The van der Waals surface area contributed by atoms with Crippen molar-refractivity contribution in [3.63, 3.8) is 0 Å². The largest absolute Gasteiger partial charge is 0.403 e. The quantitative estimate of drug-likeness (QED) is 0.271. The van der Waals surface area contributed by atoms with E-state index in [0.717, 1.165) is 52.1 Å². The molecule has 3 aromatic rings. The maximum atomic E-state index is 15.4. The third kappa shape index (κ3) is 7.70. The van der Waals surface area contributed by atoms with Gasteiger partial charge in [0, 0.05) is 24.0 Å². The molecule has 3 N–H and O–H groups in total. The molecule has 0 bridgehead atoms. The van der Waals surface area contributed by atoms with E-state index >= 15 is 4.39 Å². The summed E-state index contributed by atoms with van der Waals surface area (Å²) in [6.45, 7) is 16.2. The van der Waals surface area contributed by atoms with Crippen LogP contribution < -0.4 is 21.5 Å². The Balaban J connectivity index is 1.89. The molecule has 3 heteroatoms. The van der Waals surface area contributed by atoms with Crippen LogP contribution in [0, 0.1) is 19.7 Å².